The van der Waals surface area contributed by atoms with Crippen LogP contribution >= 0.6 is 11.6 Å². The van der Waals surface area contributed by atoms with Crippen LogP contribution in [0.1, 0.15) is 12.8 Å². The first-order valence-electron chi connectivity index (χ1n) is 11.4. The number of nitrogens with zero attached hydrogens (tertiary/aromatic N) is 6. The van der Waals surface area contributed by atoms with Gasteiger partial charge in [-0.15, -0.1) is 0 Å². The van der Waals surface area contributed by atoms with E-state index < -0.39 is 0 Å². The van der Waals surface area contributed by atoms with E-state index in [-0.39, 0.29) is 18.0 Å². The molecule has 1 aromatic carbocycles. The molecule has 0 aliphatic carbocycles. The fraction of sp³-hybridized carbons (Fsp3) is 0.320. The Kier molecular flexibility index (Phi) is 8.23. The number of benzene rings is 1. The molecule has 4 rings (SSSR count). The number of likely N-dealkylation sites (N-methyl/N-ethyl adjacent to an activating group) is 1. The van der Waals surface area contributed by atoms with Gasteiger partial charge in [0, 0.05) is 54.7 Å². The number of piperidine rings is 1. The molecule has 3 aromatic rings. The van der Waals surface area contributed by atoms with Crippen molar-refractivity contribution in [1.82, 2.24) is 29.7 Å². The highest BCUT2D eigenvalue weighted by atomic mass is 35.5. The van der Waals surface area contributed by atoms with Crippen molar-refractivity contribution in [2.24, 2.45) is 0 Å². The maximum absolute atomic E-state index is 12.3. The van der Waals surface area contributed by atoms with Gasteiger partial charge in [-0.25, -0.2) is 15.0 Å². The Hall–Kier alpha value is -3.56. The zero-order valence-corrected chi connectivity index (χ0v) is 20.5. The summed E-state index contributed by atoms with van der Waals surface area (Å²) < 4.78 is 5.64. The smallest absolute Gasteiger partial charge is 0.321 e. The molecular weight excluding hydrogens is 466 g/mol. The quantitative estimate of drug-likeness (QED) is 0.472. The third kappa shape index (κ3) is 7.21. The van der Waals surface area contributed by atoms with Gasteiger partial charge in [0.25, 0.3) is 0 Å². The van der Waals surface area contributed by atoms with E-state index in [4.69, 9.17) is 16.3 Å². The lowest BCUT2D eigenvalue weighted by Crippen LogP contribution is -2.41. The van der Waals surface area contributed by atoms with Gasteiger partial charge < -0.3 is 19.9 Å². The van der Waals surface area contributed by atoms with E-state index in [1.54, 1.807) is 55.1 Å². The first-order chi connectivity index (χ1) is 17.0. The summed E-state index contributed by atoms with van der Waals surface area (Å²) in [7, 11) is 3.95. The van der Waals surface area contributed by atoms with E-state index in [2.05, 4.69) is 25.3 Å². The third-order valence-electron chi connectivity index (χ3n) is 5.45. The normalized spacial score (nSPS) is 14.5. The molecule has 2 aromatic heterocycles. The molecule has 0 atom stereocenters. The van der Waals surface area contributed by atoms with Crippen LogP contribution in [0, 0.1) is 0 Å². The Labute approximate surface area is 209 Å². The summed E-state index contributed by atoms with van der Waals surface area (Å²) in [6.07, 6.45) is 11.9. The van der Waals surface area contributed by atoms with Crippen molar-refractivity contribution in [2.75, 3.05) is 39.0 Å². The summed E-state index contributed by atoms with van der Waals surface area (Å²) in [6, 6.07) is 7.49. The van der Waals surface area contributed by atoms with Crippen molar-refractivity contribution in [3.63, 3.8) is 0 Å². The van der Waals surface area contributed by atoms with Crippen LogP contribution in [0.4, 0.5) is 5.82 Å². The predicted molar refractivity (Wildman–Crippen MR) is 136 cm³/mol. The molecule has 0 bridgehead atoms. The van der Waals surface area contributed by atoms with Crippen LogP contribution in [0.25, 0.3) is 11.3 Å². The van der Waals surface area contributed by atoms with Gasteiger partial charge in [-0.05, 0) is 45.1 Å². The van der Waals surface area contributed by atoms with Gasteiger partial charge in [-0.1, -0.05) is 23.7 Å². The van der Waals surface area contributed by atoms with Crippen molar-refractivity contribution < 1.29 is 9.53 Å². The number of hydrogen-bond donors (Lipinski definition) is 1. The molecule has 1 saturated heterocycles. The number of ether oxygens (including phenoxy) is 1. The van der Waals surface area contributed by atoms with Crippen molar-refractivity contribution in [3.8, 4) is 23.0 Å². The fourth-order valence-electron chi connectivity index (χ4n) is 3.63. The molecular formula is C25H28ClN7O2. The van der Waals surface area contributed by atoms with Gasteiger partial charge in [0.1, 0.15) is 11.6 Å². The molecule has 9 nitrogen and oxygen atoms in total. The third-order valence-corrected chi connectivity index (χ3v) is 5.69. The molecule has 3 heterocycles. The highest BCUT2D eigenvalue weighted by Gasteiger charge is 2.22. The van der Waals surface area contributed by atoms with Crippen LogP contribution in [0.5, 0.6) is 11.8 Å². The van der Waals surface area contributed by atoms with Gasteiger partial charge in [0.15, 0.2) is 0 Å². The Bertz CT molecular complexity index is 1160. The molecule has 35 heavy (non-hydrogen) atoms. The summed E-state index contributed by atoms with van der Waals surface area (Å²) in [6.45, 7) is 2.16. The second-order valence-corrected chi connectivity index (χ2v) is 8.95. The standard InChI is InChI=1S/C25H28ClN7O2/c1-32(2)10-4-7-24(34)33-11-8-20(9-12-33)30-23-17-27-16-22(31-23)18-14-28-25(29-15-18)35-21-6-3-5-19(26)13-21/h3-7,13-17,20H,8-12H2,1-2H3,(H,30,31)/b7-4+. The molecule has 0 saturated carbocycles. The van der Waals surface area contributed by atoms with Gasteiger partial charge in [-0.2, -0.15) is 0 Å². The van der Waals surface area contributed by atoms with Crippen molar-refractivity contribution >= 4 is 23.3 Å². The van der Waals surface area contributed by atoms with Crippen molar-refractivity contribution in [3.05, 3.63) is 66.2 Å². The maximum atomic E-state index is 12.3. The van der Waals surface area contributed by atoms with Gasteiger partial charge in [0.05, 0.1) is 18.1 Å². The molecule has 0 radical (unpaired) electrons. The number of rotatable bonds is 8. The minimum atomic E-state index is 0.0647. The van der Waals surface area contributed by atoms with Gasteiger partial charge in [-0.3, -0.25) is 9.78 Å². The van der Waals surface area contributed by atoms with Crippen LogP contribution in [0.3, 0.4) is 0 Å². The number of anilines is 1. The number of likely N-dealkylation sites (tertiary alicyclic amines) is 1. The highest BCUT2D eigenvalue weighted by Crippen LogP contribution is 2.23. The second kappa shape index (κ2) is 11.7. The Balaban J connectivity index is 1.31. The van der Waals surface area contributed by atoms with Crippen molar-refractivity contribution in [1.29, 1.82) is 0 Å². The van der Waals surface area contributed by atoms with Crippen LogP contribution in [-0.4, -0.2) is 75.4 Å². The molecule has 1 aliphatic heterocycles. The monoisotopic (exact) mass is 493 g/mol. The molecule has 0 spiro atoms. The van der Waals surface area contributed by atoms with Crippen molar-refractivity contribution in [2.45, 2.75) is 18.9 Å². The SMILES string of the molecule is CN(C)C/C=C/C(=O)N1CCC(Nc2cncc(-c3cnc(Oc4cccc(Cl)c4)nc3)n2)CC1. The van der Waals surface area contributed by atoms with Crippen LogP contribution in [0.15, 0.2) is 61.2 Å². The van der Waals surface area contributed by atoms with Gasteiger partial charge >= 0.3 is 6.01 Å². The predicted octanol–water partition coefficient (Wildman–Crippen LogP) is 3.90. The van der Waals surface area contributed by atoms with E-state index in [9.17, 15) is 4.79 Å². The number of aromatic nitrogens is 4. The average Bonchev–Trinajstić information content (AvgIpc) is 2.85. The molecule has 1 amide bonds. The first kappa shape index (κ1) is 24.6. The summed E-state index contributed by atoms with van der Waals surface area (Å²) >= 11 is 5.99. The summed E-state index contributed by atoms with van der Waals surface area (Å²) in [5.41, 5.74) is 1.38. The highest BCUT2D eigenvalue weighted by molar-refractivity contribution is 6.30. The molecule has 0 unspecified atom stereocenters. The summed E-state index contributed by atoms with van der Waals surface area (Å²) in [5.74, 6) is 1.31. The van der Waals surface area contributed by atoms with Crippen LogP contribution < -0.4 is 10.1 Å². The molecule has 182 valence electrons. The maximum Gasteiger partial charge on any atom is 0.321 e. The lowest BCUT2D eigenvalue weighted by Gasteiger charge is -2.32. The number of carbonyl (C=O) groups excluding carboxylic acids is 1. The van der Waals surface area contributed by atoms with E-state index in [0.717, 1.165) is 24.9 Å². The average molecular weight is 494 g/mol. The number of carbonyl (C=O) groups is 1. The summed E-state index contributed by atoms with van der Waals surface area (Å²) in [5, 5.41) is 4.02. The molecule has 1 N–H and O–H groups in total. The largest absolute Gasteiger partial charge is 0.424 e. The van der Waals surface area contributed by atoms with Crippen LogP contribution in [-0.2, 0) is 4.79 Å². The number of nitrogens with one attached hydrogen (secondary N) is 1. The topological polar surface area (TPSA) is 96.4 Å². The lowest BCUT2D eigenvalue weighted by molar-refractivity contribution is -0.126. The molecule has 10 heteroatoms. The number of amides is 1. The Morgan fingerprint density at radius 1 is 1.20 bits per heavy atom. The Morgan fingerprint density at radius 2 is 1.97 bits per heavy atom. The molecule has 1 fully saturated rings. The number of hydrogen-bond acceptors (Lipinski definition) is 8. The van der Waals surface area contributed by atoms with E-state index in [1.807, 2.05) is 30.0 Å². The van der Waals surface area contributed by atoms with E-state index in [0.29, 0.717) is 35.4 Å². The zero-order chi connectivity index (χ0) is 24.6. The van der Waals surface area contributed by atoms with Gasteiger partial charge in [0.2, 0.25) is 5.91 Å². The Morgan fingerprint density at radius 3 is 2.69 bits per heavy atom. The zero-order valence-electron chi connectivity index (χ0n) is 19.8. The summed E-state index contributed by atoms with van der Waals surface area (Å²) in [4.78, 5) is 33.8. The second-order valence-electron chi connectivity index (χ2n) is 8.51. The molecule has 1 aliphatic rings. The first-order valence-corrected chi connectivity index (χ1v) is 11.8. The fourth-order valence-corrected chi connectivity index (χ4v) is 3.82. The number of halogens is 1. The van der Waals surface area contributed by atoms with Crippen LogP contribution in [0.2, 0.25) is 5.02 Å². The van der Waals surface area contributed by atoms with E-state index in [1.165, 1.54) is 0 Å². The minimum Gasteiger partial charge on any atom is -0.424 e. The minimum absolute atomic E-state index is 0.0647. The lowest BCUT2D eigenvalue weighted by atomic mass is 10.0. The van der Waals surface area contributed by atoms with E-state index >= 15 is 0 Å².